The van der Waals surface area contributed by atoms with Crippen LogP contribution in [0, 0.1) is 0 Å². The predicted octanol–water partition coefficient (Wildman–Crippen LogP) is 3.03. The number of aromatic nitrogens is 2. The van der Waals surface area contributed by atoms with Crippen molar-refractivity contribution in [3.63, 3.8) is 0 Å². The van der Waals surface area contributed by atoms with Crippen LogP contribution in [0.2, 0.25) is 10.0 Å². The Morgan fingerprint density at radius 2 is 2.05 bits per heavy atom. The second kappa shape index (κ2) is 6.10. The van der Waals surface area contributed by atoms with Gasteiger partial charge in [0, 0.05) is 9.92 Å². The fraction of sp³-hybridized carbons (Fsp3) is 0. The first kappa shape index (κ1) is 13.9. The molecule has 98 valence electrons. The van der Waals surface area contributed by atoms with Crippen molar-refractivity contribution < 1.29 is 5.21 Å². The van der Waals surface area contributed by atoms with E-state index in [0.717, 1.165) is 4.90 Å². The van der Waals surface area contributed by atoms with Crippen molar-refractivity contribution in [3.8, 4) is 0 Å². The van der Waals surface area contributed by atoms with Gasteiger partial charge in [-0.3, -0.25) is 0 Å². The van der Waals surface area contributed by atoms with Crippen LogP contribution in [0.1, 0.15) is 5.69 Å². The number of benzene rings is 1. The Hall–Kier alpha value is -1.50. The van der Waals surface area contributed by atoms with Gasteiger partial charge in [-0.2, -0.15) is 0 Å². The van der Waals surface area contributed by atoms with Gasteiger partial charge < -0.3 is 10.9 Å². The molecule has 0 saturated heterocycles. The standard InChI is InChI=1S/C11H8Cl2N4OS/c12-6-1-2-7(13)9(3-6)19-10-5-15-8(4-16-10)11(14)17-18/h1-5,18H,(H2,14,17). The number of rotatable bonds is 3. The number of hydrogen-bond acceptors (Lipinski definition) is 5. The van der Waals surface area contributed by atoms with E-state index in [9.17, 15) is 0 Å². The number of nitrogens with zero attached hydrogens (tertiary/aromatic N) is 3. The molecule has 0 atom stereocenters. The highest BCUT2D eigenvalue weighted by Gasteiger charge is 2.07. The molecule has 0 unspecified atom stereocenters. The van der Waals surface area contributed by atoms with Gasteiger partial charge in [0.25, 0.3) is 0 Å². The molecule has 0 amide bonds. The molecule has 8 heteroatoms. The topological polar surface area (TPSA) is 84.4 Å². The maximum absolute atomic E-state index is 8.52. The van der Waals surface area contributed by atoms with Crippen molar-refractivity contribution in [3.05, 3.63) is 46.3 Å². The van der Waals surface area contributed by atoms with Gasteiger partial charge in [0.15, 0.2) is 5.84 Å². The number of halogens is 2. The summed E-state index contributed by atoms with van der Waals surface area (Å²) in [6, 6.07) is 5.17. The van der Waals surface area contributed by atoms with Crippen LogP contribution in [-0.4, -0.2) is 21.0 Å². The average molecular weight is 315 g/mol. The first-order valence-electron chi connectivity index (χ1n) is 5.03. The molecule has 0 aliphatic heterocycles. The van der Waals surface area contributed by atoms with Gasteiger partial charge in [-0.05, 0) is 18.2 Å². The lowest BCUT2D eigenvalue weighted by Crippen LogP contribution is -2.15. The second-order valence-electron chi connectivity index (χ2n) is 3.40. The van der Waals surface area contributed by atoms with E-state index in [1.54, 1.807) is 18.2 Å². The molecule has 1 aromatic carbocycles. The van der Waals surface area contributed by atoms with Gasteiger partial charge in [-0.1, -0.05) is 40.1 Å². The maximum atomic E-state index is 8.52. The summed E-state index contributed by atoms with van der Waals surface area (Å²) >= 11 is 13.3. The Kier molecular flexibility index (Phi) is 4.47. The highest BCUT2D eigenvalue weighted by molar-refractivity contribution is 7.99. The van der Waals surface area contributed by atoms with Crippen LogP contribution < -0.4 is 5.73 Å². The van der Waals surface area contributed by atoms with Gasteiger partial charge in [0.05, 0.1) is 17.4 Å². The van der Waals surface area contributed by atoms with Crippen molar-refractivity contribution >= 4 is 40.8 Å². The van der Waals surface area contributed by atoms with E-state index in [0.29, 0.717) is 20.8 Å². The molecule has 19 heavy (non-hydrogen) atoms. The van der Waals surface area contributed by atoms with Crippen molar-refractivity contribution in [2.75, 3.05) is 0 Å². The molecule has 2 rings (SSSR count). The minimum atomic E-state index is -0.0927. The third-order valence-electron chi connectivity index (χ3n) is 2.11. The Bertz CT molecular complexity index is 619. The minimum Gasteiger partial charge on any atom is -0.409 e. The van der Waals surface area contributed by atoms with Gasteiger partial charge >= 0.3 is 0 Å². The largest absolute Gasteiger partial charge is 0.409 e. The third kappa shape index (κ3) is 3.50. The number of oxime groups is 1. The van der Waals surface area contributed by atoms with E-state index in [1.807, 2.05) is 0 Å². The van der Waals surface area contributed by atoms with Crippen LogP contribution >= 0.6 is 35.0 Å². The zero-order chi connectivity index (χ0) is 13.8. The van der Waals surface area contributed by atoms with Gasteiger partial charge in [-0.15, -0.1) is 0 Å². The summed E-state index contributed by atoms with van der Waals surface area (Å²) < 4.78 is 0. The highest BCUT2D eigenvalue weighted by Crippen LogP contribution is 2.33. The zero-order valence-corrected chi connectivity index (χ0v) is 11.7. The van der Waals surface area contributed by atoms with E-state index in [-0.39, 0.29) is 5.84 Å². The lowest BCUT2D eigenvalue weighted by atomic mass is 10.4. The van der Waals surface area contributed by atoms with Crippen molar-refractivity contribution in [1.82, 2.24) is 9.97 Å². The molecule has 2 aromatic rings. The molecular formula is C11H8Cl2N4OS. The summed E-state index contributed by atoms with van der Waals surface area (Å²) in [6.07, 6.45) is 2.92. The van der Waals surface area contributed by atoms with Gasteiger partial charge in [-0.25, -0.2) is 9.97 Å². The smallest absolute Gasteiger partial charge is 0.190 e. The summed E-state index contributed by atoms with van der Waals surface area (Å²) in [6.45, 7) is 0. The third-order valence-corrected chi connectivity index (χ3v) is 3.76. The monoisotopic (exact) mass is 314 g/mol. The van der Waals surface area contributed by atoms with E-state index in [1.165, 1.54) is 24.2 Å². The van der Waals surface area contributed by atoms with Crippen LogP contribution in [0.25, 0.3) is 0 Å². The van der Waals surface area contributed by atoms with Crippen LogP contribution in [-0.2, 0) is 0 Å². The molecule has 0 fully saturated rings. The van der Waals surface area contributed by atoms with Crippen molar-refractivity contribution in [2.45, 2.75) is 9.92 Å². The minimum absolute atomic E-state index is 0.0927. The van der Waals surface area contributed by atoms with Crippen molar-refractivity contribution in [1.29, 1.82) is 0 Å². The van der Waals surface area contributed by atoms with Crippen molar-refractivity contribution in [2.24, 2.45) is 10.9 Å². The lowest BCUT2D eigenvalue weighted by Gasteiger charge is -2.04. The van der Waals surface area contributed by atoms with Gasteiger partial charge in [0.2, 0.25) is 0 Å². The number of nitrogens with two attached hydrogens (primary N) is 1. The summed E-state index contributed by atoms with van der Waals surface area (Å²) in [5.41, 5.74) is 5.69. The molecule has 3 N–H and O–H groups in total. The van der Waals surface area contributed by atoms with Gasteiger partial charge in [0.1, 0.15) is 10.7 Å². The zero-order valence-electron chi connectivity index (χ0n) is 9.42. The van der Waals surface area contributed by atoms with Crippen LogP contribution in [0.5, 0.6) is 0 Å². The summed E-state index contributed by atoms with van der Waals surface area (Å²) in [4.78, 5) is 8.94. The second-order valence-corrected chi connectivity index (χ2v) is 5.31. The molecule has 0 spiro atoms. The molecule has 5 nitrogen and oxygen atoms in total. The number of hydrogen-bond donors (Lipinski definition) is 2. The molecule has 1 aromatic heterocycles. The first-order chi connectivity index (χ1) is 9.10. The quantitative estimate of drug-likeness (QED) is 0.394. The van der Waals surface area contributed by atoms with E-state index >= 15 is 0 Å². The van der Waals surface area contributed by atoms with Crippen LogP contribution in [0.15, 0.2) is 45.7 Å². The SMILES string of the molecule is NC(=NO)c1cnc(Sc2cc(Cl)ccc2Cl)cn1. The van der Waals surface area contributed by atoms with E-state index in [2.05, 4.69) is 15.1 Å². The Labute approximate surface area is 123 Å². The number of amidine groups is 1. The summed E-state index contributed by atoms with van der Waals surface area (Å²) in [7, 11) is 0. The maximum Gasteiger partial charge on any atom is 0.190 e. The molecule has 0 aliphatic rings. The summed E-state index contributed by atoms with van der Waals surface area (Å²) in [5.74, 6) is -0.0927. The fourth-order valence-electron chi connectivity index (χ4n) is 1.22. The van der Waals surface area contributed by atoms with E-state index in [4.69, 9.17) is 34.1 Å². The Morgan fingerprint density at radius 1 is 1.26 bits per heavy atom. The molecule has 0 radical (unpaired) electrons. The molecular weight excluding hydrogens is 307 g/mol. The normalized spacial score (nSPS) is 11.6. The summed E-state index contributed by atoms with van der Waals surface area (Å²) in [5, 5.41) is 13.2. The van der Waals surface area contributed by atoms with Crippen LogP contribution in [0.4, 0.5) is 0 Å². The lowest BCUT2D eigenvalue weighted by molar-refractivity contribution is 0.318. The van der Waals surface area contributed by atoms with E-state index < -0.39 is 0 Å². The molecule has 0 aliphatic carbocycles. The Balaban J connectivity index is 2.22. The average Bonchev–Trinajstić information content (AvgIpc) is 2.43. The first-order valence-corrected chi connectivity index (χ1v) is 6.60. The highest BCUT2D eigenvalue weighted by atomic mass is 35.5. The molecule has 0 saturated carbocycles. The molecule has 0 bridgehead atoms. The Morgan fingerprint density at radius 3 is 2.68 bits per heavy atom. The van der Waals surface area contributed by atoms with Crippen LogP contribution in [0.3, 0.4) is 0 Å². The molecule has 1 heterocycles. The predicted molar refractivity (Wildman–Crippen MR) is 75.1 cm³/mol. The fourth-order valence-corrected chi connectivity index (χ4v) is 2.48.